The first kappa shape index (κ1) is 9.48. The summed E-state index contributed by atoms with van der Waals surface area (Å²) in [6.45, 7) is 3.84. The average molecular weight is 174 g/mol. The quantitative estimate of drug-likeness (QED) is 0.484. The predicted molar refractivity (Wildman–Crippen MR) is 41.6 cm³/mol. The van der Waals surface area contributed by atoms with E-state index >= 15 is 0 Å². The van der Waals surface area contributed by atoms with E-state index < -0.39 is 5.60 Å². The predicted octanol–water partition coefficient (Wildman–Crippen LogP) is 0.0894. The molecule has 1 fully saturated rings. The van der Waals surface area contributed by atoms with Crippen LogP contribution in [-0.4, -0.2) is 36.0 Å². The number of rotatable bonds is 4. The van der Waals surface area contributed by atoms with Crippen LogP contribution in [-0.2, 0) is 14.3 Å². The van der Waals surface area contributed by atoms with E-state index in [1.165, 1.54) is 0 Å². The molecule has 0 bridgehead atoms. The molecule has 0 spiro atoms. The highest BCUT2D eigenvalue weighted by Crippen LogP contribution is 2.40. The molecule has 0 aromatic carbocycles. The number of hydrogen-bond donors (Lipinski definition) is 1. The highest BCUT2D eigenvalue weighted by Gasteiger charge is 2.60. The van der Waals surface area contributed by atoms with Crippen LogP contribution in [0.3, 0.4) is 0 Å². The number of esters is 1. The molecule has 70 valence electrons. The Morgan fingerprint density at radius 3 is 2.67 bits per heavy atom. The second kappa shape index (κ2) is 3.41. The van der Waals surface area contributed by atoms with Crippen LogP contribution in [0.1, 0.15) is 20.3 Å². The largest absolute Gasteiger partial charge is 0.464 e. The first-order valence-corrected chi connectivity index (χ1v) is 4.13. The Morgan fingerprint density at radius 2 is 2.33 bits per heavy atom. The van der Waals surface area contributed by atoms with Gasteiger partial charge in [0, 0.05) is 13.0 Å². The molecule has 1 rings (SSSR count). The summed E-state index contributed by atoms with van der Waals surface area (Å²) in [5, 5.41) is 8.69. The third-order valence-corrected chi connectivity index (χ3v) is 2.09. The molecule has 0 saturated carbocycles. The molecular formula is C8H14O4. The zero-order chi connectivity index (χ0) is 9.19. The Morgan fingerprint density at radius 1 is 1.75 bits per heavy atom. The lowest BCUT2D eigenvalue weighted by atomic mass is 10.0. The van der Waals surface area contributed by atoms with Gasteiger partial charge >= 0.3 is 5.97 Å². The van der Waals surface area contributed by atoms with Gasteiger partial charge in [-0.15, -0.1) is 0 Å². The molecule has 4 nitrogen and oxygen atoms in total. The van der Waals surface area contributed by atoms with E-state index in [-0.39, 0.29) is 18.7 Å². The number of epoxide rings is 1. The molecule has 2 atom stereocenters. The Kier molecular flexibility index (Phi) is 2.69. The van der Waals surface area contributed by atoms with Crippen LogP contribution in [0.15, 0.2) is 0 Å². The van der Waals surface area contributed by atoms with Crippen molar-refractivity contribution in [2.45, 2.75) is 32.0 Å². The molecule has 0 radical (unpaired) electrons. The smallest absolute Gasteiger partial charge is 0.341 e. The van der Waals surface area contributed by atoms with Gasteiger partial charge in [0.05, 0.1) is 12.7 Å². The molecule has 0 aromatic rings. The lowest BCUT2D eigenvalue weighted by Gasteiger charge is -2.08. The Balaban J connectivity index is 2.51. The monoisotopic (exact) mass is 174 g/mol. The zero-order valence-corrected chi connectivity index (χ0v) is 7.37. The minimum Gasteiger partial charge on any atom is -0.464 e. The fourth-order valence-electron chi connectivity index (χ4n) is 1.28. The molecule has 2 unspecified atom stereocenters. The van der Waals surface area contributed by atoms with E-state index in [0.29, 0.717) is 13.0 Å². The van der Waals surface area contributed by atoms with Crippen LogP contribution in [0.4, 0.5) is 0 Å². The van der Waals surface area contributed by atoms with E-state index in [9.17, 15) is 4.79 Å². The Bertz CT molecular complexity index is 180. The maximum atomic E-state index is 11.3. The van der Waals surface area contributed by atoms with Gasteiger partial charge in [0.15, 0.2) is 5.60 Å². The van der Waals surface area contributed by atoms with Crippen LogP contribution in [0, 0.1) is 0 Å². The first-order chi connectivity index (χ1) is 5.67. The average Bonchev–Trinajstić information content (AvgIpc) is 2.64. The molecule has 1 saturated heterocycles. The summed E-state index contributed by atoms with van der Waals surface area (Å²) in [7, 11) is 0. The minimum atomic E-state index is -0.843. The van der Waals surface area contributed by atoms with Crippen molar-refractivity contribution < 1.29 is 19.4 Å². The van der Waals surface area contributed by atoms with E-state index in [1.54, 1.807) is 13.8 Å². The summed E-state index contributed by atoms with van der Waals surface area (Å²) < 4.78 is 9.94. The van der Waals surface area contributed by atoms with Gasteiger partial charge < -0.3 is 14.6 Å². The summed E-state index contributed by atoms with van der Waals surface area (Å²) >= 11 is 0. The van der Waals surface area contributed by atoms with Gasteiger partial charge in [-0.2, -0.15) is 0 Å². The molecule has 1 aliphatic rings. The van der Waals surface area contributed by atoms with Gasteiger partial charge in [-0.3, -0.25) is 0 Å². The molecule has 0 aliphatic carbocycles. The number of carbonyl (C=O) groups is 1. The van der Waals surface area contributed by atoms with Crippen LogP contribution in [0.25, 0.3) is 0 Å². The fourth-order valence-corrected chi connectivity index (χ4v) is 1.28. The summed E-state index contributed by atoms with van der Waals surface area (Å²) in [4.78, 5) is 11.3. The van der Waals surface area contributed by atoms with Gasteiger partial charge in [-0.05, 0) is 13.8 Å². The second-order valence-electron chi connectivity index (χ2n) is 2.84. The molecular weight excluding hydrogens is 160 g/mol. The Hall–Kier alpha value is -0.610. The van der Waals surface area contributed by atoms with E-state index in [2.05, 4.69) is 0 Å². The van der Waals surface area contributed by atoms with Crippen molar-refractivity contribution in [1.29, 1.82) is 0 Å². The van der Waals surface area contributed by atoms with Gasteiger partial charge in [-0.1, -0.05) is 0 Å². The van der Waals surface area contributed by atoms with Crippen molar-refractivity contribution in [1.82, 2.24) is 0 Å². The molecule has 1 N–H and O–H groups in total. The van der Waals surface area contributed by atoms with Crippen LogP contribution in [0.2, 0.25) is 0 Å². The maximum Gasteiger partial charge on any atom is 0.341 e. The van der Waals surface area contributed by atoms with Gasteiger partial charge in [0.25, 0.3) is 0 Å². The highest BCUT2D eigenvalue weighted by molar-refractivity contribution is 5.83. The van der Waals surface area contributed by atoms with Crippen molar-refractivity contribution in [3.63, 3.8) is 0 Å². The molecule has 0 amide bonds. The highest BCUT2D eigenvalue weighted by atomic mass is 16.7. The summed E-state index contributed by atoms with van der Waals surface area (Å²) in [5.74, 6) is -0.355. The topological polar surface area (TPSA) is 59.1 Å². The fraction of sp³-hybridized carbons (Fsp3) is 0.875. The van der Waals surface area contributed by atoms with E-state index in [4.69, 9.17) is 14.6 Å². The number of hydrogen-bond acceptors (Lipinski definition) is 4. The normalized spacial score (nSPS) is 33.1. The van der Waals surface area contributed by atoms with Gasteiger partial charge in [-0.25, -0.2) is 4.79 Å². The van der Waals surface area contributed by atoms with Crippen molar-refractivity contribution in [2.24, 2.45) is 0 Å². The van der Waals surface area contributed by atoms with Crippen molar-refractivity contribution in [2.75, 3.05) is 13.2 Å². The lowest BCUT2D eigenvalue weighted by Crippen LogP contribution is -2.30. The van der Waals surface area contributed by atoms with E-state index in [1.807, 2.05) is 0 Å². The van der Waals surface area contributed by atoms with Gasteiger partial charge in [0.1, 0.15) is 0 Å². The van der Waals surface area contributed by atoms with E-state index in [0.717, 1.165) is 0 Å². The molecule has 1 heterocycles. The molecule has 1 aliphatic heterocycles. The minimum absolute atomic E-state index is 0.0524. The van der Waals surface area contributed by atoms with Crippen LogP contribution in [0.5, 0.6) is 0 Å². The first-order valence-electron chi connectivity index (χ1n) is 4.13. The third kappa shape index (κ3) is 1.44. The number of aliphatic hydroxyl groups is 1. The second-order valence-corrected chi connectivity index (χ2v) is 2.84. The number of aliphatic hydroxyl groups excluding tert-OH is 1. The van der Waals surface area contributed by atoms with Gasteiger partial charge in [0.2, 0.25) is 0 Å². The summed E-state index contributed by atoms with van der Waals surface area (Å²) in [5.41, 5.74) is -0.843. The lowest BCUT2D eigenvalue weighted by molar-refractivity contribution is -0.150. The van der Waals surface area contributed by atoms with Crippen molar-refractivity contribution >= 4 is 5.97 Å². The number of carbonyl (C=O) groups excluding carboxylic acids is 1. The number of ether oxygens (including phenoxy) is 2. The SMILES string of the molecule is CCOC(=O)C1(CCO)OC1C. The van der Waals surface area contributed by atoms with Crippen LogP contribution >= 0.6 is 0 Å². The maximum absolute atomic E-state index is 11.3. The molecule has 12 heavy (non-hydrogen) atoms. The third-order valence-electron chi connectivity index (χ3n) is 2.09. The Labute approximate surface area is 71.5 Å². The molecule has 4 heteroatoms. The van der Waals surface area contributed by atoms with Crippen molar-refractivity contribution in [3.05, 3.63) is 0 Å². The van der Waals surface area contributed by atoms with Crippen LogP contribution < -0.4 is 0 Å². The standard InChI is InChI=1S/C8H14O4/c1-3-11-7(10)8(4-5-9)6(2)12-8/h6,9H,3-5H2,1-2H3. The molecule has 0 aromatic heterocycles. The summed E-state index contributed by atoms with van der Waals surface area (Å²) in [6.07, 6.45) is 0.205. The zero-order valence-electron chi connectivity index (χ0n) is 7.37. The summed E-state index contributed by atoms with van der Waals surface area (Å²) in [6, 6.07) is 0. The van der Waals surface area contributed by atoms with Crippen molar-refractivity contribution in [3.8, 4) is 0 Å².